The van der Waals surface area contributed by atoms with Gasteiger partial charge in [-0.15, -0.1) is 0 Å². The van der Waals surface area contributed by atoms with Gasteiger partial charge in [-0.2, -0.15) is 0 Å². The Morgan fingerprint density at radius 1 is 1.10 bits per heavy atom. The van der Waals surface area contributed by atoms with E-state index in [4.69, 9.17) is 14.2 Å². The third kappa shape index (κ3) is 6.25. The number of rotatable bonds is 11. The van der Waals surface area contributed by atoms with E-state index in [0.717, 1.165) is 0 Å². The van der Waals surface area contributed by atoms with Gasteiger partial charge in [-0.05, 0) is 19.1 Å². The predicted octanol–water partition coefficient (Wildman–Crippen LogP) is 1.86. The lowest BCUT2D eigenvalue weighted by atomic mass is 10.1. The lowest BCUT2D eigenvalue weighted by molar-refractivity contribution is 0.0834. The molecule has 0 radical (unpaired) electrons. The molecule has 21 heavy (non-hydrogen) atoms. The molecule has 0 aliphatic heterocycles. The van der Waals surface area contributed by atoms with Crippen LogP contribution in [0.1, 0.15) is 17.3 Å². The molecular formula is C16H25NO4. The van der Waals surface area contributed by atoms with Gasteiger partial charge in [0.05, 0.1) is 31.9 Å². The number of ether oxygens (including phenoxy) is 3. The SMILES string of the molecule is CCOc1ccccc1C(=O)CN(CCOC)CCOC. The average Bonchev–Trinajstić information content (AvgIpc) is 2.50. The van der Waals surface area contributed by atoms with Gasteiger partial charge in [0.2, 0.25) is 0 Å². The quantitative estimate of drug-likeness (QED) is 0.583. The van der Waals surface area contributed by atoms with E-state index < -0.39 is 0 Å². The largest absolute Gasteiger partial charge is 0.493 e. The van der Waals surface area contributed by atoms with E-state index >= 15 is 0 Å². The molecule has 0 spiro atoms. The molecule has 0 atom stereocenters. The third-order valence-electron chi connectivity index (χ3n) is 3.08. The predicted molar refractivity (Wildman–Crippen MR) is 82.1 cm³/mol. The van der Waals surface area contributed by atoms with Crippen molar-refractivity contribution in [3.63, 3.8) is 0 Å². The van der Waals surface area contributed by atoms with E-state index in [1.165, 1.54) is 0 Å². The molecule has 0 aromatic heterocycles. The van der Waals surface area contributed by atoms with Crippen molar-refractivity contribution in [2.24, 2.45) is 0 Å². The molecule has 0 fully saturated rings. The Balaban J connectivity index is 2.71. The summed E-state index contributed by atoms with van der Waals surface area (Å²) in [6, 6.07) is 7.35. The van der Waals surface area contributed by atoms with E-state index in [0.29, 0.717) is 50.8 Å². The molecule has 0 aliphatic carbocycles. The lowest BCUT2D eigenvalue weighted by Gasteiger charge is -2.21. The fraction of sp³-hybridized carbons (Fsp3) is 0.562. The van der Waals surface area contributed by atoms with E-state index in [1.54, 1.807) is 20.3 Å². The highest BCUT2D eigenvalue weighted by molar-refractivity contribution is 6.00. The first-order valence-corrected chi connectivity index (χ1v) is 7.18. The standard InChI is InChI=1S/C16H25NO4/c1-4-21-16-8-6-5-7-14(16)15(18)13-17(9-11-19-2)10-12-20-3/h5-8H,4,9-13H2,1-3H3. The maximum absolute atomic E-state index is 12.5. The highest BCUT2D eigenvalue weighted by Crippen LogP contribution is 2.18. The maximum Gasteiger partial charge on any atom is 0.180 e. The van der Waals surface area contributed by atoms with Gasteiger partial charge in [-0.3, -0.25) is 9.69 Å². The summed E-state index contributed by atoms with van der Waals surface area (Å²) in [7, 11) is 3.31. The number of hydrogen-bond acceptors (Lipinski definition) is 5. The Morgan fingerprint density at radius 2 is 1.71 bits per heavy atom. The molecule has 0 bridgehead atoms. The van der Waals surface area contributed by atoms with Crippen molar-refractivity contribution in [1.82, 2.24) is 4.90 Å². The smallest absolute Gasteiger partial charge is 0.180 e. The molecule has 5 heteroatoms. The molecule has 0 aliphatic rings. The Morgan fingerprint density at radius 3 is 2.29 bits per heavy atom. The van der Waals surface area contributed by atoms with Gasteiger partial charge in [0, 0.05) is 27.3 Å². The fourth-order valence-electron chi connectivity index (χ4n) is 1.98. The number of methoxy groups -OCH3 is 2. The number of carbonyl (C=O) groups is 1. The molecule has 0 heterocycles. The summed E-state index contributed by atoms with van der Waals surface area (Å²) >= 11 is 0. The van der Waals surface area contributed by atoms with Crippen LogP contribution < -0.4 is 4.74 Å². The van der Waals surface area contributed by atoms with Gasteiger partial charge in [-0.25, -0.2) is 0 Å². The Bertz CT molecular complexity index is 414. The molecule has 5 nitrogen and oxygen atoms in total. The van der Waals surface area contributed by atoms with Crippen LogP contribution in [0.5, 0.6) is 5.75 Å². The minimum Gasteiger partial charge on any atom is -0.493 e. The summed E-state index contributed by atoms with van der Waals surface area (Å²) in [6.45, 7) is 5.35. The molecule has 0 N–H and O–H groups in total. The first kappa shape index (κ1) is 17.6. The molecule has 0 saturated heterocycles. The van der Waals surface area contributed by atoms with E-state index in [-0.39, 0.29) is 5.78 Å². The van der Waals surface area contributed by atoms with Crippen LogP contribution >= 0.6 is 0 Å². The van der Waals surface area contributed by atoms with Crippen molar-refractivity contribution in [3.8, 4) is 5.75 Å². The van der Waals surface area contributed by atoms with E-state index in [1.807, 2.05) is 30.0 Å². The van der Waals surface area contributed by atoms with Crippen molar-refractivity contribution < 1.29 is 19.0 Å². The molecule has 0 amide bonds. The Kier molecular flexibility index (Phi) is 8.66. The Hall–Kier alpha value is -1.43. The summed E-state index contributed by atoms with van der Waals surface area (Å²) < 4.78 is 15.7. The van der Waals surface area contributed by atoms with Crippen LogP contribution in [-0.4, -0.2) is 64.4 Å². The first-order chi connectivity index (χ1) is 10.2. The first-order valence-electron chi connectivity index (χ1n) is 7.18. The fourth-order valence-corrected chi connectivity index (χ4v) is 1.98. The van der Waals surface area contributed by atoms with Crippen LogP contribution in [0.25, 0.3) is 0 Å². The summed E-state index contributed by atoms with van der Waals surface area (Å²) in [5, 5.41) is 0. The molecule has 0 saturated carbocycles. The second-order valence-electron chi connectivity index (χ2n) is 4.61. The van der Waals surface area contributed by atoms with Gasteiger partial charge < -0.3 is 14.2 Å². The van der Waals surface area contributed by atoms with Crippen molar-refractivity contribution in [2.75, 3.05) is 53.7 Å². The number of carbonyl (C=O) groups excluding carboxylic acids is 1. The third-order valence-corrected chi connectivity index (χ3v) is 3.08. The average molecular weight is 295 g/mol. The summed E-state index contributed by atoms with van der Waals surface area (Å²) in [5.74, 6) is 0.690. The number of Topliss-reactive ketones (excluding diaryl/α,β-unsaturated/α-hetero) is 1. The minimum atomic E-state index is 0.0475. The van der Waals surface area contributed by atoms with Gasteiger partial charge >= 0.3 is 0 Å². The zero-order valence-corrected chi connectivity index (χ0v) is 13.1. The highest BCUT2D eigenvalue weighted by atomic mass is 16.5. The summed E-state index contributed by atoms with van der Waals surface area (Å²) in [5.41, 5.74) is 0.624. The number of nitrogens with zero attached hydrogens (tertiary/aromatic N) is 1. The van der Waals surface area contributed by atoms with Gasteiger partial charge in [-0.1, -0.05) is 12.1 Å². The van der Waals surface area contributed by atoms with Crippen LogP contribution in [0.15, 0.2) is 24.3 Å². The normalized spacial score (nSPS) is 10.9. The number of para-hydroxylation sites is 1. The van der Waals surface area contributed by atoms with Crippen LogP contribution in [0, 0.1) is 0 Å². The molecule has 118 valence electrons. The molecular weight excluding hydrogens is 270 g/mol. The lowest BCUT2D eigenvalue weighted by Crippen LogP contribution is -2.35. The van der Waals surface area contributed by atoms with Crippen molar-refractivity contribution in [1.29, 1.82) is 0 Å². The highest BCUT2D eigenvalue weighted by Gasteiger charge is 2.16. The van der Waals surface area contributed by atoms with Crippen molar-refractivity contribution in [3.05, 3.63) is 29.8 Å². The monoisotopic (exact) mass is 295 g/mol. The van der Waals surface area contributed by atoms with Crippen LogP contribution in [0.4, 0.5) is 0 Å². The van der Waals surface area contributed by atoms with Gasteiger partial charge in [0.15, 0.2) is 5.78 Å². The number of benzene rings is 1. The molecule has 1 aromatic rings. The number of hydrogen-bond donors (Lipinski definition) is 0. The van der Waals surface area contributed by atoms with Crippen LogP contribution in [0.3, 0.4) is 0 Å². The minimum absolute atomic E-state index is 0.0475. The Labute approximate surface area is 126 Å². The zero-order valence-electron chi connectivity index (χ0n) is 13.1. The maximum atomic E-state index is 12.5. The second kappa shape index (κ2) is 10.3. The zero-order chi connectivity index (χ0) is 15.5. The second-order valence-corrected chi connectivity index (χ2v) is 4.61. The van der Waals surface area contributed by atoms with Crippen LogP contribution in [0.2, 0.25) is 0 Å². The van der Waals surface area contributed by atoms with Crippen molar-refractivity contribution in [2.45, 2.75) is 6.92 Å². The van der Waals surface area contributed by atoms with E-state index in [2.05, 4.69) is 0 Å². The van der Waals surface area contributed by atoms with Gasteiger partial charge in [0.25, 0.3) is 0 Å². The van der Waals surface area contributed by atoms with Gasteiger partial charge in [0.1, 0.15) is 5.75 Å². The molecule has 0 unspecified atom stereocenters. The van der Waals surface area contributed by atoms with Crippen molar-refractivity contribution >= 4 is 5.78 Å². The molecule has 1 aromatic carbocycles. The topological polar surface area (TPSA) is 48.0 Å². The molecule has 1 rings (SSSR count). The van der Waals surface area contributed by atoms with Crippen LogP contribution in [-0.2, 0) is 9.47 Å². The van der Waals surface area contributed by atoms with E-state index in [9.17, 15) is 4.79 Å². The summed E-state index contributed by atoms with van der Waals surface area (Å²) in [6.07, 6.45) is 0. The summed E-state index contributed by atoms with van der Waals surface area (Å²) in [4.78, 5) is 14.5. The number of ketones is 1.